The number of aryl methyl sites for hydroxylation is 2. The third-order valence-electron chi connectivity index (χ3n) is 5.54. The fourth-order valence-electron chi connectivity index (χ4n) is 3.57. The number of fused-ring (bicyclic) bond motifs is 1. The average molecular weight is 407 g/mol. The fourth-order valence-corrected chi connectivity index (χ4v) is 3.57. The quantitative estimate of drug-likeness (QED) is 0.419. The number of imidazole rings is 1. The largest absolute Gasteiger partial charge is 0.344 e. The molecule has 0 aliphatic carbocycles. The maximum absolute atomic E-state index is 12.3. The Balaban J connectivity index is 1.39. The molecular formula is C25H21N5O. The third-order valence-corrected chi connectivity index (χ3v) is 5.54. The van der Waals surface area contributed by atoms with Crippen molar-refractivity contribution in [2.45, 2.75) is 20.4 Å². The summed E-state index contributed by atoms with van der Waals surface area (Å²) in [5.41, 5.74) is 7.96. The first-order chi connectivity index (χ1) is 15.1. The van der Waals surface area contributed by atoms with Gasteiger partial charge in [-0.2, -0.15) is 5.10 Å². The van der Waals surface area contributed by atoms with Gasteiger partial charge in [0, 0.05) is 24.2 Å². The minimum absolute atomic E-state index is 0.0384. The maximum Gasteiger partial charge on any atom is 0.200 e. The summed E-state index contributed by atoms with van der Waals surface area (Å²) >= 11 is 0. The molecule has 1 N–H and O–H groups in total. The van der Waals surface area contributed by atoms with Gasteiger partial charge in [-0.05, 0) is 48.2 Å². The minimum atomic E-state index is -0.0384. The van der Waals surface area contributed by atoms with Gasteiger partial charge < -0.3 is 4.57 Å². The maximum atomic E-state index is 12.3. The highest BCUT2D eigenvalue weighted by Gasteiger charge is 2.14. The van der Waals surface area contributed by atoms with Crippen LogP contribution in [-0.4, -0.2) is 30.5 Å². The molecule has 3 aromatic rings. The number of aromatic amines is 1. The molecule has 2 aromatic carbocycles. The Bertz CT molecular complexity index is 1330. The highest BCUT2D eigenvalue weighted by atomic mass is 16.1. The Labute approximate surface area is 180 Å². The first-order valence-corrected chi connectivity index (χ1v) is 10.1. The molecule has 1 aromatic heterocycles. The second-order valence-corrected chi connectivity index (χ2v) is 7.70. The highest BCUT2D eigenvalue weighted by molar-refractivity contribution is 5.93. The standard InChI is InChI=1S/C25H21N5O/c1-16-3-4-20(13-17(16)2)18-5-7-19(8-6-18)25-27-21-10-12-30(14-23(21)28-25)15-24(31)22-9-11-26-29-22/h3-14H,15H2,1-2H3,(H,26,29). The molecule has 0 saturated heterocycles. The monoisotopic (exact) mass is 407 g/mol. The lowest BCUT2D eigenvalue weighted by atomic mass is 9.99. The van der Waals surface area contributed by atoms with Crippen LogP contribution < -0.4 is 0 Å². The Morgan fingerprint density at radius 1 is 0.871 bits per heavy atom. The number of nitrogens with zero attached hydrogens (tertiary/aromatic N) is 4. The minimum Gasteiger partial charge on any atom is -0.344 e. The lowest BCUT2D eigenvalue weighted by molar-refractivity contribution is 0.0967. The van der Waals surface area contributed by atoms with Crippen LogP contribution in [0.25, 0.3) is 33.9 Å². The van der Waals surface area contributed by atoms with Crippen LogP contribution in [0.5, 0.6) is 0 Å². The van der Waals surface area contributed by atoms with Gasteiger partial charge in [0.05, 0.1) is 12.2 Å². The number of hydrogen-bond acceptors (Lipinski definition) is 4. The lowest BCUT2D eigenvalue weighted by Gasteiger charge is -2.06. The van der Waals surface area contributed by atoms with Crippen LogP contribution in [-0.2, 0) is 6.54 Å². The van der Waals surface area contributed by atoms with Gasteiger partial charge in [0.2, 0.25) is 0 Å². The number of aromatic nitrogens is 5. The summed E-state index contributed by atoms with van der Waals surface area (Å²) in [6.45, 7) is 4.47. The van der Waals surface area contributed by atoms with E-state index in [4.69, 9.17) is 0 Å². The number of hydrogen-bond donors (Lipinski definition) is 1. The van der Waals surface area contributed by atoms with Crippen molar-refractivity contribution in [2.24, 2.45) is 0 Å². The van der Waals surface area contributed by atoms with Gasteiger partial charge in [-0.25, -0.2) is 9.97 Å². The topological polar surface area (TPSA) is 76.5 Å². The second kappa shape index (κ2) is 7.65. The van der Waals surface area contributed by atoms with Gasteiger partial charge in [0.25, 0.3) is 0 Å². The fraction of sp³-hybridized carbons (Fsp3) is 0.120. The van der Waals surface area contributed by atoms with Crippen molar-refractivity contribution in [1.29, 1.82) is 0 Å². The van der Waals surface area contributed by atoms with E-state index in [1.807, 2.05) is 23.0 Å². The number of benzene rings is 2. The number of nitrogens with one attached hydrogen (secondary N) is 1. The molecule has 2 aliphatic rings. The van der Waals surface area contributed by atoms with Crippen molar-refractivity contribution in [3.05, 3.63) is 90.0 Å². The molecule has 6 heteroatoms. The number of rotatable bonds is 5. The van der Waals surface area contributed by atoms with Crippen molar-refractivity contribution in [2.75, 3.05) is 0 Å². The predicted molar refractivity (Wildman–Crippen MR) is 120 cm³/mol. The van der Waals surface area contributed by atoms with Crippen LogP contribution in [0.3, 0.4) is 0 Å². The molecule has 0 fully saturated rings. The number of carbonyl (C=O) groups excluding carboxylic acids is 1. The molecule has 2 aliphatic heterocycles. The molecule has 152 valence electrons. The van der Waals surface area contributed by atoms with Crippen molar-refractivity contribution >= 4 is 5.78 Å². The molecule has 0 unspecified atom stereocenters. The van der Waals surface area contributed by atoms with Gasteiger partial charge in [-0.3, -0.25) is 9.89 Å². The van der Waals surface area contributed by atoms with E-state index in [1.54, 1.807) is 12.3 Å². The lowest BCUT2D eigenvalue weighted by Crippen LogP contribution is -2.11. The molecule has 0 atom stereocenters. The van der Waals surface area contributed by atoms with Crippen molar-refractivity contribution in [1.82, 2.24) is 24.7 Å². The molecule has 31 heavy (non-hydrogen) atoms. The molecule has 0 spiro atoms. The Morgan fingerprint density at radius 2 is 1.61 bits per heavy atom. The van der Waals surface area contributed by atoms with Crippen LogP contribution in [0.1, 0.15) is 21.6 Å². The Morgan fingerprint density at radius 3 is 2.35 bits per heavy atom. The summed E-state index contributed by atoms with van der Waals surface area (Å²) in [4.78, 5) is 21.6. The summed E-state index contributed by atoms with van der Waals surface area (Å²) in [6.07, 6.45) is 5.27. The number of carbonyl (C=O) groups is 1. The molecule has 3 heterocycles. The molecule has 0 saturated carbocycles. The smallest absolute Gasteiger partial charge is 0.200 e. The van der Waals surface area contributed by atoms with Crippen LogP contribution in [0, 0.1) is 13.8 Å². The SMILES string of the molecule is Cc1ccc(-c2ccc(-c3nc4ccn(CC(=O)c5ccn[nH]5)cc-4n3)cc2)cc1C. The zero-order chi connectivity index (χ0) is 21.4. The summed E-state index contributed by atoms with van der Waals surface area (Å²) in [6, 6.07) is 18.4. The highest BCUT2D eigenvalue weighted by Crippen LogP contribution is 2.28. The van der Waals surface area contributed by atoms with Crippen molar-refractivity contribution in [3.63, 3.8) is 0 Å². The molecule has 6 nitrogen and oxygen atoms in total. The molecule has 0 amide bonds. The first-order valence-electron chi connectivity index (χ1n) is 10.1. The number of pyridine rings is 1. The first kappa shape index (κ1) is 18.9. The normalized spacial score (nSPS) is 11.2. The van der Waals surface area contributed by atoms with E-state index in [9.17, 15) is 4.79 Å². The van der Waals surface area contributed by atoms with Crippen LogP contribution in [0.15, 0.2) is 73.2 Å². The summed E-state index contributed by atoms with van der Waals surface area (Å²) in [5.74, 6) is 0.641. The van der Waals surface area contributed by atoms with Crippen LogP contribution in [0.2, 0.25) is 0 Å². The van der Waals surface area contributed by atoms with Gasteiger partial charge in [0.1, 0.15) is 11.4 Å². The van der Waals surface area contributed by atoms with E-state index in [1.165, 1.54) is 16.7 Å². The molecular weight excluding hydrogens is 386 g/mol. The van der Waals surface area contributed by atoms with E-state index in [-0.39, 0.29) is 12.3 Å². The number of Topliss-reactive ketones (excluding diaryl/α,β-unsaturated/α-hetero) is 1. The van der Waals surface area contributed by atoms with E-state index >= 15 is 0 Å². The van der Waals surface area contributed by atoms with E-state index in [0.29, 0.717) is 11.5 Å². The van der Waals surface area contributed by atoms with Crippen molar-refractivity contribution < 1.29 is 4.79 Å². The van der Waals surface area contributed by atoms with Gasteiger partial charge >= 0.3 is 0 Å². The van der Waals surface area contributed by atoms with E-state index in [0.717, 1.165) is 22.5 Å². The van der Waals surface area contributed by atoms with Crippen LogP contribution >= 0.6 is 0 Å². The molecule has 5 rings (SSSR count). The Kier molecular flexibility index (Phi) is 4.67. The zero-order valence-corrected chi connectivity index (χ0v) is 17.3. The van der Waals surface area contributed by atoms with E-state index in [2.05, 4.69) is 76.5 Å². The van der Waals surface area contributed by atoms with Gasteiger partial charge in [0.15, 0.2) is 11.6 Å². The van der Waals surface area contributed by atoms with Gasteiger partial charge in [-0.15, -0.1) is 0 Å². The summed E-state index contributed by atoms with van der Waals surface area (Å²) in [7, 11) is 0. The predicted octanol–water partition coefficient (Wildman–Crippen LogP) is 4.94. The third kappa shape index (κ3) is 3.75. The van der Waals surface area contributed by atoms with Gasteiger partial charge in [-0.1, -0.05) is 42.5 Å². The number of ketones is 1. The number of H-pyrrole nitrogens is 1. The summed E-state index contributed by atoms with van der Waals surface area (Å²) in [5, 5.41) is 6.53. The zero-order valence-electron chi connectivity index (χ0n) is 17.3. The van der Waals surface area contributed by atoms with Crippen molar-refractivity contribution in [3.8, 4) is 33.9 Å². The molecule has 0 bridgehead atoms. The second-order valence-electron chi connectivity index (χ2n) is 7.70. The summed E-state index contributed by atoms with van der Waals surface area (Å²) < 4.78 is 1.81. The van der Waals surface area contributed by atoms with Crippen LogP contribution in [0.4, 0.5) is 0 Å². The Hall–Kier alpha value is -4.06. The van der Waals surface area contributed by atoms with E-state index < -0.39 is 0 Å². The molecule has 0 radical (unpaired) electrons. The average Bonchev–Trinajstić information content (AvgIpc) is 3.46.